The van der Waals surface area contributed by atoms with Gasteiger partial charge in [0.05, 0.1) is 13.7 Å². The molecule has 27 heavy (non-hydrogen) atoms. The summed E-state index contributed by atoms with van der Waals surface area (Å²) in [5.41, 5.74) is 2.05. The number of nitrogens with one attached hydrogen (secondary N) is 2. The molecule has 0 radical (unpaired) electrons. The average Bonchev–Trinajstić information content (AvgIpc) is 2.64. The second kappa shape index (κ2) is 9.54. The van der Waals surface area contributed by atoms with E-state index in [1.807, 2.05) is 48.5 Å². The second-order valence-corrected chi connectivity index (χ2v) is 6.93. The number of hydrogen-bond acceptors (Lipinski definition) is 3. The summed E-state index contributed by atoms with van der Waals surface area (Å²) in [6.07, 6.45) is 0. The van der Waals surface area contributed by atoms with Gasteiger partial charge in [-0.2, -0.15) is 0 Å². The van der Waals surface area contributed by atoms with Gasteiger partial charge >= 0.3 is 6.03 Å². The van der Waals surface area contributed by atoms with Gasteiger partial charge in [-0.1, -0.05) is 56.9 Å². The molecule has 5 nitrogen and oxygen atoms in total. The monoisotopic (exact) mass is 366 g/mol. The van der Waals surface area contributed by atoms with Crippen molar-refractivity contribution in [1.82, 2.24) is 5.32 Å². The predicted octanol–water partition coefficient (Wildman–Crippen LogP) is 4.20. The van der Waals surface area contributed by atoms with Crippen LogP contribution in [0.2, 0.25) is 0 Å². The van der Waals surface area contributed by atoms with E-state index in [1.54, 1.807) is 7.11 Å². The third-order valence-corrected chi connectivity index (χ3v) is 3.84. The Morgan fingerprint density at radius 2 is 1.67 bits per heavy atom. The Balaban J connectivity index is 1.73. The molecule has 2 rings (SSSR count). The number of ether oxygens (including phenoxy) is 2. The lowest BCUT2D eigenvalue weighted by Gasteiger charge is -2.19. The van der Waals surface area contributed by atoms with Crippen molar-refractivity contribution in [2.75, 3.05) is 25.6 Å². The Kier molecular flexibility index (Phi) is 7.13. The normalized spacial score (nSPS) is 10.4. The highest BCUT2D eigenvalue weighted by molar-refractivity contribution is 5.89. The molecule has 0 saturated heterocycles. The van der Waals surface area contributed by atoms with Crippen molar-refractivity contribution in [3.8, 4) is 23.3 Å². The smallest absolute Gasteiger partial charge is 0.319 e. The lowest BCUT2D eigenvalue weighted by molar-refractivity contribution is 0.253. The zero-order chi connectivity index (χ0) is 19.7. The van der Waals surface area contributed by atoms with Crippen molar-refractivity contribution in [3.05, 3.63) is 54.1 Å². The standard InChI is InChI=1S/C22H26N2O3/c1-22(2,3)17-11-13-18(14-12-17)24-21(25)23-15-7-8-16-27-20-10-6-5-9-19(20)26-4/h5-6,9-14H,15-16H2,1-4H3,(H2,23,24,25). The third kappa shape index (κ3) is 6.59. The van der Waals surface area contributed by atoms with E-state index in [0.717, 1.165) is 5.69 Å². The van der Waals surface area contributed by atoms with Crippen LogP contribution < -0.4 is 20.1 Å². The van der Waals surface area contributed by atoms with Gasteiger partial charge in [-0.15, -0.1) is 0 Å². The molecule has 0 aliphatic carbocycles. The SMILES string of the molecule is COc1ccccc1OCC#CCNC(=O)Nc1ccc(C(C)(C)C)cc1. The number of rotatable bonds is 5. The first-order valence-electron chi connectivity index (χ1n) is 8.77. The van der Waals surface area contributed by atoms with Gasteiger partial charge in [0, 0.05) is 5.69 Å². The highest BCUT2D eigenvalue weighted by Crippen LogP contribution is 2.25. The number of amides is 2. The summed E-state index contributed by atoms with van der Waals surface area (Å²) < 4.78 is 10.7. The Morgan fingerprint density at radius 3 is 2.30 bits per heavy atom. The Hall–Kier alpha value is -3.13. The number of carbonyl (C=O) groups is 1. The van der Waals surface area contributed by atoms with E-state index >= 15 is 0 Å². The molecule has 2 aromatic carbocycles. The average molecular weight is 366 g/mol. The first kappa shape index (κ1) is 20.2. The molecule has 0 spiro atoms. The molecular formula is C22H26N2O3. The van der Waals surface area contributed by atoms with Crippen LogP contribution in [0.25, 0.3) is 0 Å². The summed E-state index contributed by atoms with van der Waals surface area (Å²) in [6.45, 7) is 6.91. The summed E-state index contributed by atoms with van der Waals surface area (Å²) in [7, 11) is 1.59. The van der Waals surface area contributed by atoms with Crippen molar-refractivity contribution < 1.29 is 14.3 Å². The van der Waals surface area contributed by atoms with Crippen molar-refractivity contribution in [3.63, 3.8) is 0 Å². The first-order chi connectivity index (χ1) is 12.9. The van der Waals surface area contributed by atoms with Crippen LogP contribution in [0.1, 0.15) is 26.3 Å². The van der Waals surface area contributed by atoms with Crippen LogP contribution in [-0.2, 0) is 5.41 Å². The molecule has 0 fully saturated rings. The molecule has 5 heteroatoms. The molecule has 0 unspecified atom stereocenters. The van der Waals surface area contributed by atoms with E-state index < -0.39 is 0 Å². The Morgan fingerprint density at radius 1 is 1.00 bits per heavy atom. The maximum Gasteiger partial charge on any atom is 0.319 e. The van der Waals surface area contributed by atoms with E-state index in [-0.39, 0.29) is 24.6 Å². The van der Waals surface area contributed by atoms with Crippen molar-refractivity contribution in [2.24, 2.45) is 0 Å². The fraction of sp³-hybridized carbons (Fsp3) is 0.318. The van der Waals surface area contributed by atoms with Crippen LogP contribution in [0.4, 0.5) is 10.5 Å². The highest BCUT2D eigenvalue weighted by Gasteiger charge is 2.13. The molecule has 0 atom stereocenters. The number of benzene rings is 2. The third-order valence-electron chi connectivity index (χ3n) is 3.84. The summed E-state index contributed by atoms with van der Waals surface area (Å²) in [4.78, 5) is 11.9. The molecule has 2 amide bonds. The molecule has 2 aromatic rings. The predicted molar refractivity (Wildman–Crippen MR) is 108 cm³/mol. The number of hydrogen-bond donors (Lipinski definition) is 2. The quantitative estimate of drug-likeness (QED) is 0.780. The summed E-state index contributed by atoms with van der Waals surface area (Å²) >= 11 is 0. The molecule has 0 aromatic heterocycles. The number of anilines is 1. The zero-order valence-electron chi connectivity index (χ0n) is 16.3. The van der Waals surface area contributed by atoms with Gasteiger partial charge in [-0.25, -0.2) is 4.79 Å². The van der Waals surface area contributed by atoms with Gasteiger partial charge in [0.25, 0.3) is 0 Å². The van der Waals surface area contributed by atoms with E-state index in [1.165, 1.54) is 5.56 Å². The van der Waals surface area contributed by atoms with Crippen LogP contribution in [0.5, 0.6) is 11.5 Å². The van der Waals surface area contributed by atoms with Crippen molar-refractivity contribution >= 4 is 11.7 Å². The summed E-state index contributed by atoms with van der Waals surface area (Å²) in [5, 5.41) is 5.48. The number of para-hydroxylation sites is 2. The lowest BCUT2D eigenvalue weighted by atomic mass is 9.87. The van der Waals surface area contributed by atoms with Crippen LogP contribution >= 0.6 is 0 Å². The van der Waals surface area contributed by atoms with Crippen LogP contribution in [0.15, 0.2) is 48.5 Å². The molecule has 142 valence electrons. The number of urea groups is 1. The molecular weight excluding hydrogens is 340 g/mol. The van der Waals surface area contributed by atoms with Crippen LogP contribution in [-0.4, -0.2) is 26.3 Å². The van der Waals surface area contributed by atoms with Crippen molar-refractivity contribution in [1.29, 1.82) is 0 Å². The van der Waals surface area contributed by atoms with Gasteiger partial charge in [0.15, 0.2) is 11.5 Å². The highest BCUT2D eigenvalue weighted by atomic mass is 16.5. The topological polar surface area (TPSA) is 59.6 Å². The van der Waals surface area contributed by atoms with Gasteiger partial charge in [0.1, 0.15) is 6.61 Å². The number of methoxy groups -OCH3 is 1. The molecule has 0 saturated carbocycles. The molecule has 0 heterocycles. The molecule has 0 bridgehead atoms. The molecule has 0 aliphatic rings. The summed E-state index contributed by atoms with van der Waals surface area (Å²) in [5.74, 6) is 7.01. The maximum absolute atomic E-state index is 11.9. The van der Waals surface area contributed by atoms with E-state index in [4.69, 9.17) is 9.47 Å². The lowest BCUT2D eigenvalue weighted by Crippen LogP contribution is -2.29. The van der Waals surface area contributed by atoms with Crippen molar-refractivity contribution in [2.45, 2.75) is 26.2 Å². The minimum atomic E-state index is -0.293. The van der Waals surface area contributed by atoms with Gasteiger partial charge < -0.3 is 20.1 Å². The van der Waals surface area contributed by atoms with E-state index in [2.05, 4.69) is 43.2 Å². The minimum Gasteiger partial charge on any atom is -0.493 e. The molecule has 2 N–H and O–H groups in total. The fourth-order valence-electron chi connectivity index (χ4n) is 2.32. The van der Waals surface area contributed by atoms with Crippen LogP contribution in [0.3, 0.4) is 0 Å². The minimum absolute atomic E-state index is 0.0855. The Labute approximate surface area is 161 Å². The van der Waals surface area contributed by atoms with E-state index in [0.29, 0.717) is 11.5 Å². The number of carbonyl (C=O) groups excluding carboxylic acids is 1. The summed E-state index contributed by atoms with van der Waals surface area (Å²) in [6, 6.07) is 14.9. The van der Waals surface area contributed by atoms with Gasteiger partial charge in [0.2, 0.25) is 0 Å². The maximum atomic E-state index is 11.9. The first-order valence-corrected chi connectivity index (χ1v) is 8.77. The Bertz CT molecular complexity index is 812. The van der Waals surface area contributed by atoms with Crippen LogP contribution in [0, 0.1) is 11.8 Å². The zero-order valence-corrected chi connectivity index (χ0v) is 16.3. The van der Waals surface area contributed by atoms with Gasteiger partial charge in [-0.05, 0) is 35.2 Å². The molecule has 0 aliphatic heterocycles. The largest absolute Gasteiger partial charge is 0.493 e. The van der Waals surface area contributed by atoms with E-state index in [9.17, 15) is 4.79 Å². The fourth-order valence-corrected chi connectivity index (χ4v) is 2.32. The van der Waals surface area contributed by atoms with Gasteiger partial charge in [-0.3, -0.25) is 0 Å². The second-order valence-electron chi connectivity index (χ2n) is 6.93.